The van der Waals surface area contributed by atoms with E-state index in [0.717, 1.165) is 29.4 Å². The second kappa shape index (κ2) is 9.99. The molecule has 28 heavy (non-hydrogen) atoms. The standard InChI is InChI=1S/C22H26ClN3OS/c1-3-5-6-16-7-13-20(14-8-16)26(22-25-18(4-2)15-28-22)21(27)24-19-11-9-17(23)10-12-19/h7-14,18H,3-6,15H2,1-2H3,(H,24,27)/t18-/m0/s1. The summed E-state index contributed by atoms with van der Waals surface area (Å²) in [6.07, 6.45) is 4.37. The summed E-state index contributed by atoms with van der Waals surface area (Å²) in [5, 5.41) is 4.35. The Hall–Kier alpha value is -1.98. The maximum Gasteiger partial charge on any atom is 0.332 e. The number of anilines is 2. The lowest BCUT2D eigenvalue weighted by atomic mass is 10.1. The fourth-order valence-electron chi connectivity index (χ4n) is 2.95. The summed E-state index contributed by atoms with van der Waals surface area (Å²) in [6, 6.07) is 15.4. The molecule has 0 unspecified atom stereocenters. The van der Waals surface area contributed by atoms with E-state index in [0.29, 0.717) is 10.7 Å². The first-order valence-corrected chi connectivity index (χ1v) is 11.1. The Balaban J connectivity index is 1.84. The van der Waals surface area contributed by atoms with E-state index in [-0.39, 0.29) is 12.1 Å². The summed E-state index contributed by atoms with van der Waals surface area (Å²) >= 11 is 7.58. The Bertz CT molecular complexity index is 821. The normalized spacial score (nSPS) is 16.0. The van der Waals surface area contributed by atoms with Crippen molar-refractivity contribution in [3.8, 4) is 0 Å². The van der Waals surface area contributed by atoms with Crippen molar-refractivity contribution in [1.29, 1.82) is 0 Å². The van der Waals surface area contributed by atoms with Crippen LogP contribution in [0.5, 0.6) is 0 Å². The molecule has 1 heterocycles. The molecule has 0 aliphatic carbocycles. The van der Waals surface area contributed by atoms with E-state index >= 15 is 0 Å². The number of aryl methyl sites for hydroxylation is 1. The van der Waals surface area contributed by atoms with Gasteiger partial charge in [-0.1, -0.05) is 55.8 Å². The largest absolute Gasteiger partial charge is 0.332 e. The topological polar surface area (TPSA) is 44.7 Å². The number of thioether (sulfide) groups is 1. The molecular formula is C22H26ClN3OS. The van der Waals surface area contributed by atoms with Crippen molar-refractivity contribution in [2.45, 2.75) is 45.6 Å². The second-order valence-electron chi connectivity index (χ2n) is 6.83. The summed E-state index contributed by atoms with van der Waals surface area (Å²) in [6.45, 7) is 4.31. The number of halogens is 1. The predicted octanol–water partition coefficient (Wildman–Crippen LogP) is 6.60. The van der Waals surface area contributed by atoms with Gasteiger partial charge >= 0.3 is 6.03 Å². The van der Waals surface area contributed by atoms with Crippen molar-refractivity contribution in [2.75, 3.05) is 16.0 Å². The van der Waals surface area contributed by atoms with E-state index in [1.807, 2.05) is 12.1 Å². The van der Waals surface area contributed by atoms with Crippen molar-refractivity contribution in [2.24, 2.45) is 4.99 Å². The number of hydrogen-bond acceptors (Lipinski definition) is 3. The Morgan fingerprint density at radius 1 is 1.18 bits per heavy atom. The van der Waals surface area contributed by atoms with Crippen molar-refractivity contribution < 1.29 is 4.79 Å². The lowest BCUT2D eigenvalue weighted by Crippen LogP contribution is -2.38. The Labute approximate surface area is 176 Å². The van der Waals surface area contributed by atoms with Crippen molar-refractivity contribution in [3.63, 3.8) is 0 Å². The fourth-order valence-corrected chi connectivity index (χ4v) is 4.27. The smallest absolute Gasteiger partial charge is 0.307 e. The van der Waals surface area contributed by atoms with Gasteiger partial charge in [-0.15, -0.1) is 0 Å². The zero-order valence-electron chi connectivity index (χ0n) is 16.3. The van der Waals surface area contributed by atoms with Crippen LogP contribution in [0.15, 0.2) is 53.5 Å². The van der Waals surface area contributed by atoms with E-state index in [4.69, 9.17) is 16.6 Å². The van der Waals surface area contributed by atoms with E-state index in [9.17, 15) is 4.79 Å². The maximum atomic E-state index is 13.1. The number of hydrogen-bond donors (Lipinski definition) is 1. The first-order chi connectivity index (χ1) is 13.6. The molecule has 0 bridgehead atoms. The van der Waals surface area contributed by atoms with Gasteiger partial charge < -0.3 is 5.32 Å². The number of urea groups is 1. The molecule has 2 aromatic carbocycles. The summed E-state index contributed by atoms with van der Waals surface area (Å²) in [4.78, 5) is 19.6. The zero-order valence-corrected chi connectivity index (χ0v) is 17.9. The molecule has 2 aromatic rings. The predicted molar refractivity (Wildman–Crippen MR) is 122 cm³/mol. The molecule has 1 aliphatic rings. The Kier molecular flexibility index (Phi) is 7.40. The van der Waals surface area contributed by atoms with Crippen LogP contribution in [0, 0.1) is 0 Å². The van der Waals surface area contributed by atoms with Crippen LogP contribution in [-0.2, 0) is 6.42 Å². The van der Waals surface area contributed by atoms with Crippen LogP contribution >= 0.6 is 23.4 Å². The highest BCUT2D eigenvalue weighted by Gasteiger charge is 2.27. The zero-order chi connectivity index (χ0) is 19.9. The number of carbonyl (C=O) groups is 1. The number of unbranched alkanes of at least 4 members (excludes halogenated alkanes) is 1. The average molecular weight is 416 g/mol. The van der Waals surface area contributed by atoms with E-state index < -0.39 is 0 Å². The lowest BCUT2D eigenvalue weighted by molar-refractivity contribution is 0.259. The summed E-state index contributed by atoms with van der Waals surface area (Å²) < 4.78 is 0. The molecule has 0 saturated carbocycles. The van der Waals surface area contributed by atoms with Gasteiger partial charge in [0.2, 0.25) is 0 Å². The molecule has 1 aliphatic heterocycles. The number of nitrogens with zero attached hydrogens (tertiary/aromatic N) is 2. The maximum absolute atomic E-state index is 13.1. The van der Waals surface area contributed by atoms with Crippen LogP contribution in [0.4, 0.5) is 16.2 Å². The van der Waals surface area contributed by atoms with Gasteiger partial charge in [0, 0.05) is 16.5 Å². The molecule has 1 atom stereocenters. The number of nitrogens with one attached hydrogen (secondary N) is 1. The van der Waals surface area contributed by atoms with Gasteiger partial charge in [0.25, 0.3) is 0 Å². The summed E-state index contributed by atoms with van der Waals surface area (Å²) in [5.74, 6) is 0.908. The summed E-state index contributed by atoms with van der Waals surface area (Å²) in [7, 11) is 0. The number of amidine groups is 1. The molecule has 0 saturated heterocycles. The molecule has 2 amide bonds. The van der Waals surface area contributed by atoms with Gasteiger partial charge in [-0.3, -0.25) is 4.99 Å². The van der Waals surface area contributed by atoms with Crippen LogP contribution in [0.1, 0.15) is 38.7 Å². The van der Waals surface area contributed by atoms with Crippen LogP contribution in [0.2, 0.25) is 5.02 Å². The van der Waals surface area contributed by atoms with Gasteiger partial charge in [0.15, 0.2) is 5.17 Å². The summed E-state index contributed by atoms with van der Waals surface area (Å²) in [5.41, 5.74) is 2.82. The minimum Gasteiger partial charge on any atom is -0.307 e. The highest BCUT2D eigenvalue weighted by atomic mass is 35.5. The molecule has 1 N–H and O–H groups in total. The SMILES string of the molecule is CCCCc1ccc(N(C(=O)Nc2ccc(Cl)cc2)C2=N[C@@H](CC)CS2)cc1. The van der Waals surface area contributed by atoms with Gasteiger partial charge in [-0.05, 0) is 61.2 Å². The third kappa shape index (κ3) is 5.30. The number of rotatable bonds is 6. The Morgan fingerprint density at radius 3 is 2.50 bits per heavy atom. The lowest BCUT2D eigenvalue weighted by Gasteiger charge is -2.23. The van der Waals surface area contributed by atoms with Gasteiger partial charge in [0.05, 0.1) is 11.7 Å². The minimum atomic E-state index is -0.216. The van der Waals surface area contributed by atoms with Gasteiger partial charge in [-0.2, -0.15) is 0 Å². The molecular weight excluding hydrogens is 390 g/mol. The quantitative estimate of drug-likeness (QED) is 0.577. The monoisotopic (exact) mass is 415 g/mol. The molecule has 0 spiro atoms. The van der Waals surface area contributed by atoms with E-state index in [2.05, 4.69) is 31.3 Å². The molecule has 0 radical (unpaired) electrons. The first kappa shape index (κ1) is 20.7. The molecule has 4 nitrogen and oxygen atoms in total. The molecule has 6 heteroatoms. The minimum absolute atomic E-state index is 0.216. The number of carbonyl (C=O) groups excluding carboxylic acids is 1. The van der Waals surface area contributed by atoms with Crippen molar-refractivity contribution >= 4 is 45.9 Å². The second-order valence-corrected chi connectivity index (χ2v) is 8.25. The van der Waals surface area contributed by atoms with E-state index in [1.165, 1.54) is 18.4 Å². The number of benzene rings is 2. The first-order valence-electron chi connectivity index (χ1n) is 9.77. The molecule has 0 aromatic heterocycles. The van der Waals surface area contributed by atoms with Crippen molar-refractivity contribution in [1.82, 2.24) is 0 Å². The Morgan fingerprint density at radius 2 is 1.89 bits per heavy atom. The van der Waals surface area contributed by atoms with Crippen LogP contribution in [-0.4, -0.2) is 23.0 Å². The van der Waals surface area contributed by atoms with Crippen molar-refractivity contribution in [3.05, 3.63) is 59.1 Å². The highest BCUT2D eigenvalue weighted by molar-refractivity contribution is 8.14. The number of amides is 2. The van der Waals surface area contributed by atoms with Gasteiger partial charge in [-0.25, -0.2) is 9.69 Å². The molecule has 0 fully saturated rings. The third-order valence-corrected chi connectivity index (χ3v) is 6.02. The van der Waals surface area contributed by atoms with Crippen LogP contribution in [0.25, 0.3) is 0 Å². The van der Waals surface area contributed by atoms with Crippen LogP contribution in [0.3, 0.4) is 0 Å². The fraction of sp³-hybridized carbons (Fsp3) is 0.364. The molecule has 148 valence electrons. The highest BCUT2D eigenvalue weighted by Crippen LogP contribution is 2.28. The number of aliphatic imine (C=N–C) groups is 1. The third-order valence-electron chi connectivity index (χ3n) is 4.67. The van der Waals surface area contributed by atoms with Crippen LogP contribution < -0.4 is 10.2 Å². The van der Waals surface area contributed by atoms with E-state index in [1.54, 1.807) is 40.9 Å². The average Bonchev–Trinajstić information content (AvgIpc) is 3.18. The molecule has 3 rings (SSSR count). The van der Waals surface area contributed by atoms with Gasteiger partial charge in [0.1, 0.15) is 0 Å².